The zero-order valence-electron chi connectivity index (χ0n) is 18.8. The van der Waals surface area contributed by atoms with Crippen LogP contribution in [0.25, 0.3) is 0 Å². The van der Waals surface area contributed by atoms with Crippen LogP contribution in [-0.4, -0.2) is 94.5 Å². The van der Waals surface area contributed by atoms with E-state index in [1.54, 1.807) is 29.7 Å². The molecule has 0 aromatic carbocycles. The molecular weight excluding hydrogens is 446 g/mol. The molecule has 2 aliphatic rings. The van der Waals surface area contributed by atoms with Crippen LogP contribution in [0.1, 0.15) is 25.7 Å². The lowest BCUT2D eigenvalue weighted by atomic mass is 10.1. The smallest absolute Gasteiger partial charge is 0.413 e. The fraction of sp³-hybridized carbons (Fsp3) is 0.600. The molecule has 1 atom stereocenters. The van der Waals surface area contributed by atoms with Crippen LogP contribution in [0.4, 0.5) is 26.5 Å². The van der Waals surface area contributed by atoms with Crippen LogP contribution in [0.2, 0.25) is 0 Å². The number of nitrogens with zero attached hydrogens (tertiary/aromatic N) is 7. The van der Waals surface area contributed by atoms with Crippen molar-refractivity contribution in [2.75, 3.05) is 55.8 Å². The van der Waals surface area contributed by atoms with Gasteiger partial charge >= 0.3 is 12.1 Å². The second kappa shape index (κ2) is 10.7. The highest BCUT2D eigenvalue weighted by molar-refractivity contribution is 7.13. The zero-order chi connectivity index (χ0) is 23.2. The minimum Gasteiger partial charge on any atom is -0.446 e. The second-order valence-electron chi connectivity index (χ2n) is 8.30. The standard InChI is InChI=1S/C20H29N9O3S/c1-27-10-6-15(7-11-27)32-20(31)24-16-5-8-21-17(23-16)29-9-3-4-14(12-29)28(2)19(30)25-18-26-22-13-33-18/h5,8,13-15H,3-4,6-7,9-12H2,1-2H3,(H,25,26,30)(H,21,23,24,31)/t14-/m1/s1. The van der Waals surface area contributed by atoms with Crippen LogP contribution in [-0.2, 0) is 4.74 Å². The summed E-state index contributed by atoms with van der Waals surface area (Å²) in [6.45, 7) is 3.19. The predicted octanol–water partition coefficient (Wildman–Crippen LogP) is 2.10. The van der Waals surface area contributed by atoms with Crippen molar-refractivity contribution in [1.29, 1.82) is 0 Å². The van der Waals surface area contributed by atoms with Gasteiger partial charge in [-0.25, -0.2) is 14.6 Å². The number of hydrogen-bond donors (Lipinski definition) is 2. The minimum atomic E-state index is -0.501. The third-order valence-electron chi connectivity index (χ3n) is 5.93. The number of hydrogen-bond acceptors (Lipinski definition) is 10. The number of aromatic nitrogens is 4. The van der Waals surface area contributed by atoms with Crippen molar-refractivity contribution in [3.8, 4) is 0 Å². The lowest BCUT2D eigenvalue weighted by Gasteiger charge is -2.37. The first-order chi connectivity index (χ1) is 16.0. The van der Waals surface area contributed by atoms with Gasteiger partial charge in [-0.3, -0.25) is 10.6 Å². The molecule has 0 saturated carbocycles. The van der Waals surface area contributed by atoms with E-state index in [1.807, 2.05) is 4.90 Å². The fourth-order valence-electron chi connectivity index (χ4n) is 3.98. The highest BCUT2D eigenvalue weighted by Gasteiger charge is 2.28. The normalized spacial score (nSPS) is 19.7. The Morgan fingerprint density at radius 3 is 2.79 bits per heavy atom. The van der Waals surface area contributed by atoms with Gasteiger partial charge in [0, 0.05) is 39.4 Å². The van der Waals surface area contributed by atoms with Crippen molar-refractivity contribution in [2.24, 2.45) is 0 Å². The summed E-state index contributed by atoms with van der Waals surface area (Å²) in [6, 6.07) is 1.40. The van der Waals surface area contributed by atoms with E-state index >= 15 is 0 Å². The number of likely N-dealkylation sites (N-methyl/N-ethyl adjacent to an activating group) is 1. The summed E-state index contributed by atoms with van der Waals surface area (Å²) in [6.07, 6.45) is 4.45. The van der Waals surface area contributed by atoms with Crippen molar-refractivity contribution in [3.63, 3.8) is 0 Å². The highest BCUT2D eigenvalue weighted by atomic mass is 32.1. The number of ether oxygens (including phenoxy) is 1. The molecule has 4 rings (SSSR count). The Kier molecular flexibility index (Phi) is 7.50. The molecule has 2 fully saturated rings. The predicted molar refractivity (Wildman–Crippen MR) is 125 cm³/mol. The maximum absolute atomic E-state index is 12.5. The van der Waals surface area contributed by atoms with Crippen molar-refractivity contribution in [1.82, 2.24) is 30.0 Å². The maximum Gasteiger partial charge on any atom is 0.413 e. The summed E-state index contributed by atoms with van der Waals surface area (Å²) >= 11 is 1.27. The van der Waals surface area contributed by atoms with Crippen LogP contribution in [0.15, 0.2) is 17.8 Å². The Morgan fingerprint density at radius 2 is 2.03 bits per heavy atom. The summed E-state index contributed by atoms with van der Waals surface area (Å²) in [5, 5.41) is 13.5. The van der Waals surface area contributed by atoms with E-state index in [2.05, 4.69) is 42.7 Å². The Bertz CT molecular complexity index is 937. The molecule has 0 bridgehead atoms. The molecule has 2 saturated heterocycles. The molecule has 0 unspecified atom stereocenters. The second-order valence-corrected chi connectivity index (χ2v) is 9.14. The first-order valence-corrected chi connectivity index (χ1v) is 11.9. The quantitative estimate of drug-likeness (QED) is 0.668. The number of rotatable bonds is 5. The van der Waals surface area contributed by atoms with Gasteiger partial charge < -0.3 is 19.4 Å². The lowest BCUT2D eigenvalue weighted by molar-refractivity contribution is 0.0661. The molecule has 2 N–H and O–H groups in total. The first kappa shape index (κ1) is 23.1. The Hall–Kier alpha value is -3.06. The summed E-state index contributed by atoms with van der Waals surface area (Å²) < 4.78 is 5.54. The molecule has 12 nitrogen and oxygen atoms in total. The molecule has 2 aliphatic heterocycles. The number of nitrogens with one attached hydrogen (secondary N) is 2. The molecule has 0 radical (unpaired) electrons. The van der Waals surface area contributed by atoms with E-state index in [0.29, 0.717) is 23.4 Å². The first-order valence-electron chi connectivity index (χ1n) is 11.0. The van der Waals surface area contributed by atoms with E-state index < -0.39 is 6.09 Å². The number of urea groups is 1. The van der Waals surface area contributed by atoms with Gasteiger partial charge in [-0.05, 0) is 38.8 Å². The van der Waals surface area contributed by atoms with Gasteiger partial charge in [-0.1, -0.05) is 11.3 Å². The van der Waals surface area contributed by atoms with Crippen LogP contribution in [0.3, 0.4) is 0 Å². The number of anilines is 3. The van der Waals surface area contributed by atoms with Gasteiger partial charge in [-0.2, -0.15) is 4.98 Å². The van der Waals surface area contributed by atoms with Crippen molar-refractivity contribution < 1.29 is 14.3 Å². The maximum atomic E-state index is 12.5. The lowest BCUT2D eigenvalue weighted by Crippen LogP contribution is -2.50. The van der Waals surface area contributed by atoms with Crippen LogP contribution >= 0.6 is 11.3 Å². The van der Waals surface area contributed by atoms with Gasteiger partial charge in [0.05, 0.1) is 6.04 Å². The number of piperidine rings is 2. The molecule has 2 aromatic heterocycles. The molecule has 0 aliphatic carbocycles. The Morgan fingerprint density at radius 1 is 1.21 bits per heavy atom. The van der Waals surface area contributed by atoms with Crippen LogP contribution < -0.4 is 15.5 Å². The summed E-state index contributed by atoms with van der Waals surface area (Å²) in [7, 11) is 3.83. The van der Waals surface area contributed by atoms with Gasteiger partial charge in [0.1, 0.15) is 17.4 Å². The average molecular weight is 476 g/mol. The SMILES string of the molecule is CN1CCC(OC(=O)Nc2ccnc(N3CCC[C@@H](N(C)C(=O)Nc4nncs4)C3)n2)CC1. The molecule has 2 aromatic rings. The van der Waals surface area contributed by atoms with Crippen LogP contribution in [0, 0.1) is 0 Å². The van der Waals surface area contributed by atoms with Gasteiger partial charge in [0.2, 0.25) is 11.1 Å². The molecule has 3 amide bonds. The number of amides is 3. The minimum absolute atomic E-state index is 0.0127. The molecule has 0 spiro atoms. The number of carbonyl (C=O) groups excluding carboxylic acids is 2. The summed E-state index contributed by atoms with van der Waals surface area (Å²) in [5.41, 5.74) is 1.57. The van der Waals surface area contributed by atoms with Gasteiger partial charge in [-0.15, -0.1) is 10.2 Å². The van der Waals surface area contributed by atoms with E-state index in [0.717, 1.165) is 45.3 Å². The fourth-order valence-corrected chi connectivity index (χ4v) is 4.42. The third kappa shape index (κ3) is 6.26. The Labute approximate surface area is 196 Å². The zero-order valence-corrected chi connectivity index (χ0v) is 19.6. The summed E-state index contributed by atoms with van der Waals surface area (Å²) in [5.74, 6) is 0.900. The highest BCUT2D eigenvalue weighted by Crippen LogP contribution is 2.21. The number of carbonyl (C=O) groups is 2. The molecule has 178 valence electrons. The van der Waals surface area contributed by atoms with E-state index in [-0.39, 0.29) is 18.2 Å². The topological polar surface area (TPSA) is 129 Å². The van der Waals surface area contributed by atoms with E-state index in [1.165, 1.54) is 11.3 Å². The van der Waals surface area contributed by atoms with E-state index in [9.17, 15) is 9.59 Å². The van der Waals surface area contributed by atoms with Crippen molar-refractivity contribution in [3.05, 3.63) is 17.8 Å². The average Bonchev–Trinajstić information content (AvgIpc) is 3.33. The third-order valence-corrected chi connectivity index (χ3v) is 6.54. The van der Waals surface area contributed by atoms with Crippen molar-refractivity contribution >= 4 is 40.4 Å². The Balaban J connectivity index is 1.32. The molecule has 33 heavy (non-hydrogen) atoms. The van der Waals surface area contributed by atoms with Crippen molar-refractivity contribution in [2.45, 2.75) is 37.8 Å². The molecule has 13 heteroatoms. The monoisotopic (exact) mass is 475 g/mol. The molecular formula is C20H29N9O3S. The van der Waals surface area contributed by atoms with Crippen LogP contribution in [0.5, 0.6) is 0 Å². The number of likely N-dealkylation sites (tertiary alicyclic amines) is 1. The van der Waals surface area contributed by atoms with Gasteiger partial charge in [0.25, 0.3) is 0 Å². The van der Waals surface area contributed by atoms with E-state index in [4.69, 9.17) is 4.74 Å². The summed E-state index contributed by atoms with van der Waals surface area (Å²) in [4.78, 5) is 39.7. The largest absolute Gasteiger partial charge is 0.446 e. The molecule has 4 heterocycles. The van der Waals surface area contributed by atoms with Gasteiger partial charge in [0.15, 0.2) is 0 Å².